The Morgan fingerprint density at radius 3 is 2.50 bits per heavy atom. The van der Waals surface area contributed by atoms with Crippen LogP contribution in [0.4, 0.5) is 0 Å². The van der Waals surface area contributed by atoms with E-state index in [1.807, 2.05) is 7.05 Å². The number of ether oxygens (including phenoxy) is 1. The maximum absolute atomic E-state index is 11.7. The van der Waals surface area contributed by atoms with Crippen LogP contribution in [0.1, 0.15) is 45.4 Å². The first-order chi connectivity index (χ1) is 8.61. The third-order valence-corrected chi connectivity index (χ3v) is 3.40. The van der Waals surface area contributed by atoms with Crippen molar-refractivity contribution in [2.45, 2.75) is 45.4 Å². The standard InChI is InChI=1S/C14H25NO3/c1-3-18-14(17)9-8-13(16)11-15(2)10-12-6-4-5-7-12/h12H,3-11H2,1-2H3. The predicted octanol–water partition coefficient (Wildman–Crippen LogP) is 2.02. The van der Waals surface area contributed by atoms with Crippen LogP contribution in [0.25, 0.3) is 0 Å². The van der Waals surface area contributed by atoms with Crippen LogP contribution in [0.15, 0.2) is 0 Å². The Labute approximate surface area is 110 Å². The zero-order valence-corrected chi connectivity index (χ0v) is 11.6. The average Bonchev–Trinajstić information content (AvgIpc) is 2.79. The summed E-state index contributed by atoms with van der Waals surface area (Å²) in [5.74, 6) is 0.612. The monoisotopic (exact) mass is 255 g/mol. The highest BCUT2D eigenvalue weighted by Gasteiger charge is 2.18. The van der Waals surface area contributed by atoms with Gasteiger partial charge in [-0.3, -0.25) is 14.5 Å². The van der Waals surface area contributed by atoms with E-state index < -0.39 is 0 Å². The van der Waals surface area contributed by atoms with Gasteiger partial charge >= 0.3 is 5.97 Å². The van der Waals surface area contributed by atoms with Crippen LogP contribution in [0.3, 0.4) is 0 Å². The molecule has 0 atom stereocenters. The van der Waals surface area contributed by atoms with Gasteiger partial charge in [-0.2, -0.15) is 0 Å². The molecule has 0 radical (unpaired) electrons. The van der Waals surface area contributed by atoms with Gasteiger partial charge in [-0.25, -0.2) is 0 Å². The second kappa shape index (κ2) is 8.25. The zero-order chi connectivity index (χ0) is 13.4. The lowest BCUT2D eigenvalue weighted by Gasteiger charge is -2.19. The van der Waals surface area contributed by atoms with Crippen molar-refractivity contribution >= 4 is 11.8 Å². The van der Waals surface area contributed by atoms with E-state index in [0.29, 0.717) is 19.6 Å². The molecule has 0 bridgehead atoms. The third kappa shape index (κ3) is 6.15. The molecule has 4 heteroatoms. The SMILES string of the molecule is CCOC(=O)CCC(=O)CN(C)CC1CCCC1. The molecule has 18 heavy (non-hydrogen) atoms. The van der Waals surface area contributed by atoms with Gasteiger partial charge in [-0.1, -0.05) is 12.8 Å². The van der Waals surface area contributed by atoms with Gasteiger partial charge in [0.05, 0.1) is 19.6 Å². The molecule has 0 heterocycles. The Balaban J connectivity index is 2.12. The molecule has 1 fully saturated rings. The first-order valence-electron chi connectivity index (χ1n) is 6.97. The molecule has 1 aliphatic carbocycles. The molecule has 0 aromatic carbocycles. The Hall–Kier alpha value is -0.900. The van der Waals surface area contributed by atoms with Crippen LogP contribution < -0.4 is 0 Å². The Morgan fingerprint density at radius 2 is 1.89 bits per heavy atom. The van der Waals surface area contributed by atoms with Crippen LogP contribution in [-0.4, -0.2) is 43.4 Å². The quantitative estimate of drug-likeness (QED) is 0.623. The number of ketones is 1. The van der Waals surface area contributed by atoms with E-state index >= 15 is 0 Å². The number of nitrogens with zero attached hydrogens (tertiary/aromatic N) is 1. The van der Waals surface area contributed by atoms with Gasteiger partial charge < -0.3 is 4.74 Å². The number of hydrogen-bond donors (Lipinski definition) is 0. The summed E-state index contributed by atoms with van der Waals surface area (Å²) in [7, 11) is 1.99. The molecule has 0 aromatic rings. The van der Waals surface area contributed by atoms with Crippen LogP contribution in [0.5, 0.6) is 0 Å². The lowest BCUT2D eigenvalue weighted by Crippen LogP contribution is -2.30. The number of Topliss-reactive ketones (excluding diaryl/α,β-unsaturated/α-hetero) is 1. The predicted molar refractivity (Wildman–Crippen MR) is 70.3 cm³/mol. The van der Waals surface area contributed by atoms with Crippen LogP contribution in [-0.2, 0) is 14.3 Å². The van der Waals surface area contributed by atoms with Crippen LogP contribution in [0, 0.1) is 5.92 Å². The fourth-order valence-electron chi connectivity index (χ4n) is 2.55. The van der Waals surface area contributed by atoms with Gasteiger partial charge in [0.25, 0.3) is 0 Å². The molecule has 104 valence electrons. The minimum atomic E-state index is -0.274. The van der Waals surface area contributed by atoms with E-state index in [-0.39, 0.29) is 18.2 Å². The van der Waals surface area contributed by atoms with Gasteiger partial charge in [0.15, 0.2) is 0 Å². The molecule has 0 saturated heterocycles. The molecule has 0 unspecified atom stereocenters. The Bertz CT molecular complexity index is 272. The molecule has 4 nitrogen and oxygen atoms in total. The Morgan fingerprint density at radius 1 is 1.22 bits per heavy atom. The minimum absolute atomic E-state index is 0.128. The van der Waals surface area contributed by atoms with Crippen molar-refractivity contribution in [1.29, 1.82) is 0 Å². The number of rotatable bonds is 8. The topological polar surface area (TPSA) is 46.6 Å². The van der Waals surface area contributed by atoms with Gasteiger partial charge in [-0.05, 0) is 32.7 Å². The highest BCUT2D eigenvalue weighted by molar-refractivity contribution is 5.84. The number of carbonyl (C=O) groups is 2. The molecule has 0 spiro atoms. The molecular formula is C14H25NO3. The molecule has 0 aromatic heterocycles. The average molecular weight is 255 g/mol. The van der Waals surface area contributed by atoms with Gasteiger partial charge in [-0.15, -0.1) is 0 Å². The van der Waals surface area contributed by atoms with Crippen molar-refractivity contribution in [2.75, 3.05) is 26.7 Å². The van der Waals surface area contributed by atoms with E-state index in [0.717, 1.165) is 12.5 Å². The van der Waals surface area contributed by atoms with Crippen molar-refractivity contribution in [2.24, 2.45) is 5.92 Å². The molecule has 0 aliphatic heterocycles. The highest BCUT2D eigenvalue weighted by atomic mass is 16.5. The number of hydrogen-bond acceptors (Lipinski definition) is 4. The number of likely N-dealkylation sites (N-methyl/N-ethyl adjacent to an activating group) is 1. The number of esters is 1. The fourth-order valence-corrected chi connectivity index (χ4v) is 2.55. The first-order valence-corrected chi connectivity index (χ1v) is 6.97. The van der Waals surface area contributed by atoms with Crippen LogP contribution in [0.2, 0.25) is 0 Å². The Kier molecular flexibility index (Phi) is 6.94. The van der Waals surface area contributed by atoms with E-state index in [9.17, 15) is 9.59 Å². The van der Waals surface area contributed by atoms with Crippen molar-refractivity contribution < 1.29 is 14.3 Å². The summed E-state index contributed by atoms with van der Waals surface area (Å²) >= 11 is 0. The van der Waals surface area contributed by atoms with Crippen LogP contribution >= 0.6 is 0 Å². The van der Waals surface area contributed by atoms with Gasteiger partial charge in [0.1, 0.15) is 5.78 Å². The smallest absolute Gasteiger partial charge is 0.306 e. The van der Waals surface area contributed by atoms with Gasteiger partial charge in [0, 0.05) is 13.0 Å². The van der Waals surface area contributed by atoms with E-state index in [2.05, 4.69) is 4.90 Å². The van der Waals surface area contributed by atoms with Crippen molar-refractivity contribution in [3.05, 3.63) is 0 Å². The lowest BCUT2D eigenvalue weighted by molar-refractivity contribution is -0.144. The molecule has 1 saturated carbocycles. The summed E-state index contributed by atoms with van der Waals surface area (Å²) in [6.45, 7) is 3.62. The summed E-state index contributed by atoms with van der Waals surface area (Å²) in [5, 5.41) is 0. The molecule has 1 aliphatic rings. The maximum Gasteiger partial charge on any atom is 0.306 e. The van der Waals surface area contributed by atoms with Crippen molar-refractivity contribution in [1.82, 2.24) is 4.90 Å². The number of carbonyl (C=O) groups excluding carboxylic acids is 2. The normalized spacial score (nSPS) is 16.2. The molecule has 0 N–H and O–H groups in total. The molecule has 1 rings (SSSR count). The van der Waals surface area contributed by atoms with Gasteiger partial charge in [0.2, 0.25) is 0 Å². The largest absolute Gasteiger partial charge is 0.466 e. The summed E-state index contributed by atoms with van der Waals surface area (Å²) in [5.41, 5.74) is 0. The molecule has 0 amide bonds. The summed E-state index contributed by atoms with van der Waals surface area (Å²) < 4.78 is 4.80. The fraction of sp³-hybridized carbons (Fsp3) is 0.857. The van der Waals surface area contributed by atoms with E-state index in [1.54, 1.807) is 6.92 Å². The summed E-state index contributed by atoms with van der Waals surface area (Å²) in [6.07, 6.45) is 5.76. The van der Waals surface area contributed by atoms with Crippen molar-refractivity contribution in [3.8, 4) is 0 Å². The van der Waals surface area contributed by atoms with E-state index in [4.69, 9.17) is 4.74 Å². The highest BCUT2D eigenvalue weighted by Crippen LogP contribution is 2.25. The zero-order valence-electron chi connectivity index (χ0n) is 11.6. The third-order valence-electron chi connectivity index (χ3n) is 3.40. The lowest BCUT2D eigenvalue weighted by atomic mass is 10.1. The first kappa shape index (κ1) is 15.2. The van der Waals surface area contributed by atoms with Crippen molar-refractivity contribution in [3.63, 3.8) is 0 Å². The maximum atomic E-state index is 11.7. The second-order valence-electron chi connectivity index (χ2n) is 5.19. The minimum Gasteiger partial charge on any atom is -0.466 e. The summed E-state index contributed by atoms with van der Waals surface area (Å²) in [6, 6.07) is 0. The van der Waals surface area contributed by atoms with E-state index in [1.165, 1.54) is 25.7 Å². The molecular weight excluding hydrogens is 230 g/mol. The summed E-state index contributed by atoms with van der Waals surface area (Å²) in [4.78, 5) is 24.9. The second-order valence-corrected chi connectivity index (χ2v) is 5.19.